The minimum atomic E-state index is 0.702. The second kappa shape index (κ2) is 4.57. The SMILES string of the molecule is Nc1ccc(Cl)cc1-c1csc2c(Br)cccc12. The molecule has 0 fully saturated rings. The highest BCUT2D eigenvalue weighted by atomic mass is 79.9. The van der Waals surface area contributed by atoms with Gasteiger partial charge in [-0.05, 0) is 45.6 Å². The molecule has 0 atom stereocenters. The molecule has 0 unspecified atom stereocenters. The van der Waals surface area contributed by atoms with Crippen molar-refractivity contribution in [1.29, 1.82) is 0 Å². The van der Waals surface area contributed by atoms with Gasteiger partial charge in [-0.2, -0.15) is 0 Å². The lowest BCUT2D eigenvalue weighted by atomic mass is 10.0. The van der Waals surface area contributed by atoms with Gasteiger partial charge in [-0.25, -0.2) is 0 Å². The summed E-state index contributed by atoms with van der Waals surface area (Å²) in [4.78, 5) is 0. The van der Waals surface area contributed by atoms with Gasteiger partial charge in [0.25, 0.3) is 0 Å². The summed E-state index contributed by atoms with van der Waals surface area (Å²) in [5, 5.41) is 4.02. The Morgan fingerprint density at radius 3 is 2.78 bits per heavy atom. The molecule has 0 aliphatic heterocycles. The minimum absolute atomic E-state index is 0.702. The number of anilines is 1. The largest absolute Gasteiger partial charge is 0.398 e. The van der Waals surface area contributed by atoms with Gasteiger partial charge in [-0.3, -0.25) is 0 Å². The van der Waals surface area contributed by atoms with Crippen molar-refractivity contribution in [3.8, 4) is 11.1 Å². The van der Waals surface area contributed by atoms with Crippen LogP contribution in [-0.4, -0.2) is 0 Å². The van der Waals surface area contributed by atoms with Crippen molar-refractivity contribution in [3.63, 3.8) is 0 Å². The zero-order valence-electron chi connectivity index (χ0n) is 9.28. The molecule has 0 aliphatic carbocycles. The summed E-state index contributed by atoms with van der Waals surface area (Å²) in [5.74, 6) is 0. The number of nitrogen functional groups attached to an aromatic ring is 1. The lowest BCUT2D eigenvalue weighted by Crippen LogP contribution is -1.88. The van der Waals surface area contributed by atoms with E-state index in [1.54, 1.807) is 11.3 Å². The van der Waals surface area contributed by atoms with Crippen molar-refractivity contribution >= 4 is 54.6 Å². The minimum Gasteiger partial charge on any atom is -0.398 e. The lowest BCUT2D eigenvalue weighted by Gasteiger charge is -2.05. The Labute approximate surface area is 122 Å². The second-order valence-corrected chi connectivity index (χ2v) is 6.17. The smallest absolute Gasteiger partial charge is 0.0491 e. The van der Waals surface area contributed by atoms with Crippen molar-refractivity contribution in [3.05, 3.63) is 51.3 Å². The molecule has 0 aliphatic rings. The molecule has 0 saturated heterocycles. The molecule has 0 radical (unpaired) electrons. The molecule has 3 aromatic rings. The molecule has 4 heteroatoms. The fourth-order valence-corrected chi connectivity index (χ4v) is 3.79. The van der Waals surface area contributed by atoms with Gasteiger partial charge in [0.15, 0.2) is 0 Å². The van der Waals surface area contributed by atoms with Gasteiger partial charge in [0.1, 0.15) is 0 Å². The molecule has 3 rings (SSSR count). The standard InChI is InChI=1S/C14H9BrClNS/c15-12-3-1-2-9-11(7-18-14(9)12)10-6-8(16)4-5-13(10)17/h1-7H,17H2. The van der Waals surface area contributed by atoms with Gasteiger partial charge in [0, 0.05) is 36.4 Å². The van der Waals surface area contributed by atoms with Gasteiger partial charge in [0.05, 0.1) is 0 Å². The van der Waals surface area contributed by atoms with E-state index in [2.05, 4.69) is 27.4 Å². The fraction of sp³-hybridized carbons (Fsp3) is 0. The Balaban J connectivity index is 2.32. The molecule has 0 bridgehead atoms. The van der Waals surface area contributed by atoms with Crippen LogP contribution < -0.4 is 5.73 Å². The number of hydrogen-bond acceptors (Lipinski definition) is 2. The molecular formula is C14H9BrClNS. The Hall–Kier alpha value is -1.03. The van der Waals surface area contributed by atoms with Gasteiger partial charge in [0.2, 0.25) is 0 Å². The second-order valence-electron chi connectivity index (χ2n) is 4.00. The summed E-state index contributed by atoms with van der Waals surface area (Å²) >= 11 is 11.3. The predicted molar refractivity (Wildman–Crippen MR) is 84.4 cm³/mol. The lowest BCUT2D eigenvalue weighted by molar-refractivity contribution is 1.66. The maximum absolute atomic E-state index is 6.05. The first-order valence-electron chi connectivity index (χ1n) is 5.38. The van der Waals surface area contributed by atoms with Gasteiger partial charge >= 0.3 is 0 Å². The fourth-order valence-electron chi connectivity index (χ4n) is 1.99. The summed E-state index contributed by atoms with van der Waals surface area (Å²) in [6.45, 7) is 0. The molecule has 2 aromatic carbocycles. The van der Waals surface area contributed by atoms with E-state index in [-0.39, 0.29) is 0 Å². The van der Waals surface area contributed by atoms with E-state index in [1.807, 2.05) is 30.3 Å². The molecule has 90 valence electrons. The third-order valence-corrected chi connectivity index (χ3v) is 5.04. The van der Waals surface area contributed by atoms with E-state index in [0.717, 1.165) is 21.3 Å². The van der Waals surface area contributed by atoms with Crippen LogP contribution in [0.5, 0.6) is 0 Å². The Bertz CT molecular complexity index is 736. The summed E-state index contributed by atoms with van der Waals surface area (Å²) in [5.41, 5.74) is 8.92. The molecular weight excluding hydrogens is 330 g/mol. The normalized spacial score (nSPS) is 11.0. The van der Waals surface area contributed by atoms with Crippen molar-refractivity contribution in [2.45, 2.75) is 0 Å². The Morgan fingerprint density at radius 2 is 1.94 bits per heavy atom. The van der Waals surface area contributed by atoms with E-state index in [0.29, 0.717) is 5.02 Å². The van der Waals surface area contributed by atoms with Crippen molar-refractivity contribution < 1.29 is 0 Å². The maximum Gasteiger partial charge on any atom is 0.0491 e. The molecule has 0 amide bonds. The number of hydrogen-bond donors (Lipinski definition) is 1. The predicted octanol–water partition coefficient (Wildman–Crippen LogP) is 5.57. The average molecular weight is 339 g/mol. The summed E-state index contributed by atoms with van der Waals surface area (Å²) in [6, 6.07) is 11.8. The van der Waals surface area contributed by atoms with Crippen LogP contribution in [0.2, 0.25) is 5.02 Å². The van der Waals surface area contributed by atoms with Crippen LogP contribution in [0, 0.1) is 0 Å². The first-order chi connectivity index (χ1) is 8.66. The van der Waals surface area contributed by atoms with Crippen molar-refractivity contribution in [2.24, 2.45) is 0 Å². The third-order valence-electron chi connectivity index (χ3n) is 2.86. The van der Waals surface area contributed by atoms with Crippen LogP contribution >= 0.6 is 38.9 Å². The highest BCUT2D eigenvalue weighted by molar-refractivity contribution is 9.10. The van der Waals surface area contributed by atoms with Crippen molar-refractivity contribution in [1.82, 2.24) is 0 Å². The molecule has 0 spiro atoms. The van der Waals surface area contributed by atoms with E-state index in [9.17, 15) is 0 Å². The number of benzene rings is 2. The Kier molecular flexibility index (Phi) is 3.06. The topological polar surface area (TPSA) is 26.0 Å². The van der Waals surface area contributed by atoms with Crippen LogP contribution in [0.4, 0.5) is 5.69 Å². The first-order valence-corrected chi connectivity index (χ1v) is 7.43. The monoisotopic (exact) mass is 337 g/mol. The number of halogens is 2. The van der Waals surface area contributed by atoms with Gasteiger partial charge in [-0.1, -0.05) is 23.7 Å². The van der Waals surface area contributed by atoms with E-state index in [1.165, 1.54) is 10.1 Å². The maximum atomic E-state index is 6.05. The van der Waals surface area contributed by atoms with E-state index >= 15 is 0 Å². The van der Waals surface area contributed by atoms with Crippen LogP contribution in [-0.2, 0) is 0 Å². The number of fused-ring (bicyclic) bond motifs is 1. The highest BCUT2D eigenvalue weighted by Gasteiger charge is 2.11. The number of nitrogens with two attached hydrogens (primary N) is 1. The first kappa shape index (κ1) is 12.0. The van der Waals surface area contributed by atoms with Crippen molar-refractivity contribution in [2.75, 3.05) is 5.73 Å². The Morgan fingerprint density at radius 1 is 1.11 bits per heavy atom. The van der Waals surface area contributed by atoms with Gasteiger partial charge in [-0.15, -0.1) is 11.3 Å². The zero-order valence-corrected chi connectivity index (χ0v) is 12.4. The zero-order chi connectivity index (χ0) is 12.7. The molecule has 18 heavy (non-hydrogen) atoms. The quantitative estimate of drug-likeness (QED) is 0.577. The van der Waals surface area contributed by atoms with Crippen LogP contribution in [0.3, 0.4) is 0 Å². The molecule has 2 N–H and O–H groups in total. The van der Waals surface area contributed by atoms with Crippen LogP contribution in [0.25, 0.3) is 21.2 Å². The molecule has 1 nitrogen and oxygen atoms in total. The summed E-state index contributed by atoms with van der Waals surface area (Å²) < 4.78 is 2.34. The third kappa shape index (κ3) is 1.92. The molecule has 1 heterocycles. The molecule has 1 aromatic heterocycles. The van der Waals surface area contributed by atoms with E-state index < -0.39 is 0 Å². The highest BCUT2D eigenvalue weighted by Crippen LogP contribution is 2.40. The van der Waals surface area contributed by atoms with E-state index in [4.69, 9.17) is 17.3 Å². The molecule has 0 saturated carbocycles. The summed E-state index contributed by atoms with van der Waals surface area (Å²) in [7, 11) is 0. The van der Waals surface area contributed by atoms with Crippen LogP contribution in [0.1, 0.15) is 0 Å². The average Bonchev–Trinajstić information content (AvgIpc) is 2.77. The number of rotatable bonds is 1. The van der Waals surface area contributed by atoms with Gasteiger partial charge < -0.3 is 5.73 Å². The summed E-state index contributed by atoms with van der Waals surface area (Å²) in [6.07, 6.45) is 0. The van der Waals surface area contributed by atoms with Crippen LogP contribution in [0.15, 0.2) is 46.3 Å². The number of thiophene rings is 1.